The molecule has 0 saturated carbocycles. The van der Waals surface area contributed by atoms with Crippen LogP contribution >= 0.6 is 11.6 Å². The maximum absolute atomic E-state index is 6.32. The number of ether oxygens (including phenoxy) is 1. The Kier molecular flexibility index (Phi) is 3.45. The van der Waals surface area contributed by atoms with Gasteiger partial charge in [-0.15, -0.1) is 0 Å². The molecule has 4 heterocycles. The lowest BCUT2D eigenvalue weighted by molar-refractivity contribution is 0.375. The molecule has 0 amide bonds. The van der Waals surface area contributed by atoms with E-state index in [2.05, 4.69) is 20.0 Å². The minimum atomic E-state index is 0.505. The predicted octanol–water partition coefficient (Wildman–Crippen LogP) is 2.95. The molecular weight excluding hydrogens is 328 g/mol. The van der Waals surface area contributed by atoms with Crippen LogP contribution in [0.25, 0.3) is 11.4 Å². The van der Waals surface area contributed by atoms with Crippen LogP contribution in [0.1, 0.15) is 11.1 Å². The van der Waals surface area contributed by atoms with Gasteiger partial charge in [-0.1, -0.05) is 11.6 Å². The van der Waals surface area contributed by atoms with Crippen LogP contribution in [0, 0.1) is 6.92 Å². The molecule has 0 saturated heterocycles. The van der Waals surface area contributed by atoms with Gasteiger partial charge in [0.15, 0.2) is 0 Å². The van der Waals surface area contributed by atoms with Crippen LogP contribution in [0.3, 0.4) is 0 Å². The van der Waals surface area contributed by atoms with E-state index in [1.54, 1.807) is 18.0 Å². The Morgan fingerprint density at radius 2 is 2.17 bits per heavy atom. The molecule has 8 heteroatoms. The number of aryl methyl sites for hydroxylation is 3. The number of nitrogens with zero attached hydrogens (tertiary/aromatic N) is 5. The Morgan fingerprint density at radius 1 is 1.33 bits per heavy atom. The summed E-state index contributed by atoms with van der Waals surface area (Å²) in [6, 6.07) is 1.98. The van der Waals surface area contributed by atoms with Crippen molar-refractivity contribution >= 4 is 23.2 Å². The molecule has 4 rings (SSSR count). The summed E-state index contributed by atoms with van der Waals surface area (Å²) in [5.41, 5.74) is 4.95. The normalized spacial score (nSPS) is 12.7. The van der Waals surface area contributed by atoms with Gasteiger partial charge in [-0.2, -0.15) is 5.10 Å². The lowest BCUT2D eigenvalue weighted by atomic mass is 10.0. The Labute approximate surface area is 144 Å². The highest BCUT2D eigenvalue weighted by atomic mass is 35.5. The monoisotopic (exact) mass is 344 g/mol. The van der Waals surface area contributed by atoms with Gasteiger partial charge in [0, 0.05) is 25.4 Å². The molecule has 3 aromatic rings. The molecule has 0 bridgehead atoms. The van der Waals surface area contributed by atoms with Crippen LogP contribution in [0.2, 0.25) is 5.15 Å². The van der Waals surface area contributed by atoms with Gasteiger partial charge in [-0.3, -0.25) is 0 Å². The quantitative estimate of drug-likeness (QED) is 0.791. The number of fused-ring (bicyclic) bond motifs is 3. The van der Waals surface area contributed by atoms with Gasteiger partial charge in [0.1, 0.15) is 10.8 Å². The summed E-state index contributed by atoms with van der Waals surface area (Å²) >= 11 is 6.32. The van der Waals surface area contributed by atoms with Crippen molar-refractivity contribution in [1.82, 2.24) is 24.3 Å². The van der Waals surface area contributed by atoms with Crippen LogP contribution in [0.5, 0.6) is 5.88 Å². The highest BCUT2D eigenvalue weighted by Crippen LogP contribution is 2.35. The number of nitrogens with one attached hydrogen (secondary N) is 1. The maximum atomic E-state index is 6.32. The summed E-state index contributed by atoms with van der Waals surface area (Å²) in [6.07, 6.45) is 4.43. The second kappa shape index (κ2) is 5.52. The van der Waals surface area contributed by atoms with Crippen molar-refractivity contribution in [1.29, 1.82) is 0 Å². The predicted molar refractivity (Wildman–Crippen MR) is 92.0 cm³/mol. The average molecular weight is 345 g/mol. The molecule has 0 aromatic carbocycles. The molecule has 3 aromatic heterocycles. The summed E-state index contributed by atoms with van der Waals surface area (Å²) in [7, 11) is 3.42. The molecule has 124 valence electrons. The fourth-order valence-electron chi connectivity index (χ4n) is 3.14. The fourth-order valence-corrected chi connectivity index (χ4v) is 3.47. The topological polar surface area (TPSA) is 69.8 Å². The second-order valence-electron chi connectivity index (χ2n) is 5.78. The number of methoxy groups -OCH3 is 1. The molecule has 1 N–H and O–H groups in total. The Morgan fingerprint density at radius 3 is 2.96 bits per heavy atom. The zero-order valence-electron chi connectivity index (χ0n) is 13.7. The molecule has 0 radical (unpaired) electrons. The van der Waals surface area contributed by atoms with Crippen LogP contribution in [0.15, 0.2) is 18.5 Å². The summed E-state index contributed by atoms with van der Waals surface area (Å²) < 4.78 is 9.09. The summed E-state index contributed by atoms with van der Waals surface area (Å²) in [5.74, 6) is 1.13. The van der Waals surface area contributed by atoms with Gasteiger partial charge >= 0.3 is 0 Å². The molecule has 7 nitrogen and oxygen atoms in total. The number of anilines is 2. The van der Waals surface area contributed by atoms with E-state index in [9.17, 15) is 0 Å². The lowest BCUT2D eigenvalue weighted by Crippen LogP contribution is -2.14. The third-order valence-electron chi connectivity index (χ3n) is 4.25. The maximum Gasteiger partial charge on any atom is 0.235 e. The summed E-state index contributed by atoms with van der Waals surface area (Å²) in [6.45, 7) is 2.90. The van der Waals surface area contributed by atoms with Crippen LogP contribution in [0.4, 0.5) is 11.6 Å². The number of rotatable bonds is 3. The summed E-state index contributed by atoms with van der Waals surface area (Å²) in [5, 5.41) is 8.10. The zero-order chi connectivity index (χ0) is 16.8. The third-order valence-corrected chi connectivity index (χ3v) is 4.57. The van der Waals surface area contributed by atoms with Gasteiger partial charge in [0.25, 0.3) is 0 Å². The largest absolute Gasteiger partial charge is 0.480 e. The van der Waals surface area contributed by atoms with Gasteiger partial charge in [0.05, 0.1) is 24.7 Å². The highest BCUT2D eigenvalue weighted by molar-refractivity contribution is 6.30. The van der Waals surface area contributed by atoms with Crippen molar-refractivity contribution in [2.24, 2.45) is 7.05 Å². The van der Waals surface area contributed by atoms with E-state index < -0.39 is 0 Å². The van der Waals surface area contributed by atoms with Gasteiger partial charge in [-0.25, -0.2) is 14.6 Å². The highest BCUT2D eigenvalue weighted by Gasteiger charge is 2.23. The molecule has 0 spiro atoms. The van der Waals surface area contributed by atoms with Crippen LogP contribution in [-0.4, -0.2) is 31.4 Å². The first-order valence-corrected chi connectivity index (χ1v) is 8.01. The van der Waals surface area contributed by atoms with Gasteiger partial charge in [-0.05, 0) is 25.0 Å². The van der Waals surface area contributed by atoms with Crippen molar-refractivity contribution in [2.75, 3.05) is 12.4 Å². The first kappa shape index (κ1) is 15.0. The van der Waals surface area contributed by atoms with Crippen molar-refractivity contribution in [3.63, 3.8) is 0 Å². The Hall–Kier alpha value is -2.54. The first-order valence-electron chi connectivity index (χ1n) is 7.63. The molecule has 0 atom stereocenters. The zero-order valence-corrected chi connectivity index (χ0v) is 14.4. The molecule has 1 aliphatic heterocycles. The molecule has 0 unspecified atom stereocenters. The van der Waals surface area contributed by atoms with Crippen molar-refractivity contribution in [3.05, 3.63) is 34.7 Å². The second-order valence-corrected chi connectivity index (χ2v) is 6.17. The van der Waals surface area contributed by atoms with E-state index in [-0.39, 0.29) is 0 Å². The first-order chi connectivity index (χ1) is 11.6. The molecular formula is C16H17ClN6O. The van der Waals surface area contributed by atoms with E-state index in [0.717, 1.165) is 46.3 Å². The van der Waals surface area contributed by atoms with Crippen LogP contribution < -0.4 is 10.1 Å². The standard InChI is InChI=1S/C16H17ClN6O/c1-9-6-12(17)23-5-4-10-7-18-16(21-13(10)14(9)23)20-11-8-19-22(2)15(11)24-3/h6-8H,4-5H2,1-3H3,(H,18,20,21). The van der Waals surface area contributed by atoms with E-state index in [1.807, 2.05) is 26.2 Å². The SMILES string of the molecule is COc1c(Nc2ncc3c(n2)-c2c(C)cc(Cl)n2CC3)cnn1C. The smallest absolute Gasteiger partial charge is 0.235 e. The van der Waals surface area contributed by atoms with Crippen molar-refractivity contribution in [3.8, 4) is 17.3 Å². The van der Waals surface area contributed by atoms with E-state index in [4.69, 9.17) is 21.3 Å². The number of aromatic nitrogens is 5. The minimum absolute atomic E-state index is 0.505. The van der Waals surface area contributed by atoms with E-state index in [1.165, 1.54) is 0 Å². The molecule has 1 aliphatic rings. The Bertz CT molecular complexity index is 929. The van der Waals surface area contributed by atoms with Crippen molar-refractivity contribution < 1.29 is 4.74 Å². The molecule has 0 fully saturated rings. The van der Waals surface area contributed by atoms with Gasteiger partial charge < -0.3 is 14.6 Å². The number of hydrogen-bond acceptors (Lipinski definition) is 5. The van der Waals surface area contributed by atoms with Crippen LogP contribution in [-0.2, 0) is 20.0 Å². The molecule has 0 aliphatic carbocycles. The molecule has 24 heavy (non-hydrogen) atoms. The minimum Gasteiger partial charge on any atom is -0.480 e. The van der Waals surface area contributed by atoms with Gasteiger partial charge in [0.2, 0.25) is 11.8 Å². The van der Waals surface area contributed by atoms with E-state index >= 15 is 0 Å². The third kappa shape index (κ3) is 2.24. The average Bonchev–Trinajstić information content (AvgIpc) is 3.07. The lowest BCUT2D eigenvalue weighted by Gasteiger charge is -2.20. The number of halogens is 1. The Balaban J connectivity index is 1.76. The van der Waals surface area contributed by atoms with E-state index in [0.29, 0.717) is 11.8 Å². The summed E-state index contributed by atoms with van der Waals surface area (Å²) in [4.78, 5) is 9.14. The van der Waals surface area contributed by atoms with Crippen molar-refractivity contribution in [2.45, 2.75) is 19.9 Å². The number of hydrogen-bond donors (Lipinski definition) is 1. The fraction of sp³-hybridized carbons (Fsp3) is 0.312.